The number of methoxy groups -OCH3 is 2. The molecule has 1 fully saturated rings. The fourth-order valence-corrected chi connectivity index (χ4v) is 4.92. The zero-order chi connectivity index (χ0) is 19.3. The van der Waals surface area contributed by atoms with Gasteiger partial charge in [-0.3, -0.25) is 4.79 Å². The van der Waals surface area contributed by atoms with Gasteiger partial charge in [0.05, 0.1) is 20.0 Å². The molecule has 0 bridgehead atoms. The van der Waals surface area contributed by atoms with Gasteiger partial charge in [-0.15, -0.1) is 0 Å². The van der Waals surface area contributed by atoms with Crippen molar-refractivity contribution in [3.05, 3.63) is 23.8 Å². The highest BCUT2D eigenvalue weighted by Crippen LogP contribution is 2.27. The molecule has 7 nitrogen and oxygen atoms in total. The summed E-state index contributed by atoms with van der Waals surface area (Å²) < 4.78 is 36.9. The predicted molar refractivity (Wildman–Crippen MR) is 100 cm³/mol. The summed E-state index contributed by atoms with van der Waals surface area (Å²) >= 11 is 0. The Morgan fingerprint density at radius 1 is 1.15 bits per heavy atom. The number of sulfonamides is 1. The molecule has 1 aliphatic rings. The smallest absolute Gasteiger partial charge is 0.251 e. The molecule has 1 aromatic carbocycles. The molecule has 2 rings (SSSR count). The summed E-state index contributed by atoms with van der Waals surface area (Å²) in [4.78, 5) is 12.3. The van der Waals surface area contributed by atoms with Gasteiger partial charge < -0.3 is 14.8 Å². The maximum absolute atomic E-state index is 12.5. The third-order valence-electron chi connectivity index (χ3n) is 4.52. The van der Waals surface area contributed by atoms with Gasteiger partial charge in [0, 0.05) is 25.2 Å². The SMILES string of the molecule is COc1ccc(C(=O)NCCS(=O)(=O)N2C[C@H](C)C[C@H](C)C2)cc1OC. The first-order valence-corrected chi connectivity index (χ1v) is 10.4. The second-order valence-electron chi connectivity index (χ2n) is 6.90. The van der Waals surface area contributed by atoms with Crippen LogP contribution in [0.5, 0.6) is 11.5 Å². The van der Waals surface area contributed by atoms with Crippen LogP contribution in [-0.4, -0.2) is 58.2 Å². The molecule has 2 atom stereocenters. The normalized spacial score (nSPS) is 21.2. The van der Waals surface area contributed by atoms with Gasteiger partial charge in [0.2, 0.25) is 10.0 Å². The number of ether oxygens (including phenoxy) is 2. The van der Waals surface area contributed by atoms with Crippen molar-refractivity contribution in [2.75, 3.05) is 39.6 Å². The van der Waals surface area contributed by atoms with Crippen molar-refractivity contribution in [3.63, 3.8) is 0 Å². The molecule has 1 heterocycles. The van der Waals surface area contributed by atoms with Crippen molar-refractivity contribution in [1.29, 1.82) is 0 Å². The molecule has 8 heteroatoms. The predicted octanol–water partition coefficient (Wildman–Crippen LogP) is 1.74. The van der Waals surface area contributed by atoms with Gasteiger partial charge in [-0.05, 0) is 36.5 Å². The molecule has 1 saturated heterocycles. The molecule has 1 N–H and O–H groups in total. The van der Waals surface area contributed by atoms with Gasteiger partial charge in [0.1, 0.15) is 0 Å². The molecule has 0 aromatic heterocycles. The van der Waals surface area contributed by atoms with Crippen molar-refractivity contribution in [2.24, 2.45) is 11.8 Å². The van der Waals surface area contributed by atoms with Crippen LogP contribution in [0.3, 0.4) is 0 Å². The van der Waals surface area contributed by atoms with E-state index in [-0.39, 0.29) is 18.2 Å². The van der Waals surface area contributed by atoms with E-state index in [4.69, 9.17) is 9.47 Å². The summed E-state index contributed by atoms with van der Waals surface area (Å²) in [6, 6.07) is 4.82. The molecule has 0 radical (unpaired) electrons. The van der Waals surface area contributed by atoms with Crippen molar-refractivity contribution < 1.29 is 22.7 Å². The van der Waals surface area contributed by atoms with E-state index >= 15 is 0 Å². The number of rotatable bonds is 7. The van der Waals surface area contributed by atoms with E-state index in [2.05, 4.69) is 19.2 Å². The van der Waals surface area contributed by atoms with Gasteiger partial charge in [-0.2, -0.15) is 0 Å². The number of carbonyl (C=O) groups is 1. The van der Waals surface area contributed by atoms with E-state index < -0.39 is 10.0 Å². The van der Waals surface area contributed by atoms with Crippen molar-refractivity contribution in [2.45, 2.75) is 20.3 Å². The maximum atomic E-state index is 12.5. The summed E-state index contributed by atoms with van der Waals surface area (Å²) in [5.74, 6) is 1.24. The van der Waals surface area contributed by atoms with E-state index in [1.807, 2.05) is 0 Å². The Kier molecular flexibility index (Phi) is 6.88. The lowest BCUT2D eigenvalue weighted by atomic mass is 9.94. The Morgan fingerprint density at radius 2 is 1.77 bits per heavy atom. The fourth-order valence-electron chi connectivity index (χ4n) is 3.34. The summed E-state index contributed by atoms with van der Waals surface area (Å²) in [6.45, 7) is 5.30. The number of amides is 1. The maximum Gasteiger partial charge on any atom is 0.251 e. The first kappa shape index (κ1) is 20.5. The molecule has 0 spiro atoms. The van der Waals surface area contributed by atoms with Crippen LogP contribution in [-0.2, 0) is 10.0 Å². The molecular weight excluding hydrogens is 356 g/mol. The average Bonchev–Trinajstić information content (AvgIpc) is 2.60. The lowest BCUT2D eigenvalue weighted by Crippen LogP contribution is -2.45. The third-order valence-corrected chi connectivity index (χ3v) is 6.33. The summed E-state index contributed by atoms with van der Waals surface area (Å²) in [5.41, 5.74) is 0.389. The van der Waals surface area contributed by atoms with Crippen LogP contribution in [0.1, 0.15) is 30.6 Å². The van der Waals surface area contributed by atoms with Crippen LogP contribution in [0, 0.1) is 11.8 Å². The zero-order valence-corrected chi connectivity index (χ0v) is 16.6. The van der Waals surface area contributed by atoms with Gasteiger partial charge in [0.15, 0.2) is 11.5 Å². The Bertz CT molecular complexity index is 725. The Hall–Kier alpha value is -1.80. The first-order valence-electron chi connectivity index (χ1n) is 8.75. The first-order chi connectivity index (χ1) is 12.3. The Balaban J connectivity index is 1.93. The van der Waals surface area contributed by atoms with E-state index in [1.165, 1.54) is 14.2 Å². The van der Waals surface area contributed by atoms with Crippen LogP contribution in [0.4, 0.5) is 0 Å². The molecule has 1 aromatic rings. The molecule has 0 aliphatic carbocycles. The quantitative estimate of drug-likeness (QED) is 0.774. The van der Waals surface area contributed by atoms with Crippen LogP contribution >= 0.6 is 0 Å². The third kappa shape index (κ3) is 5.11. The minimum atomic E-state index is -3.38. The van der Waals surface area contributed by atoms with Crippen molar-refractivity contribution in [3.8, 4) is 11.5 Å². The molecule has 0 unspecified atom stereocenters. The average molecular weight is 384 g/mol. The summed E-state index contributed by atoms with van der Waals surface area (Å²) in [5, 5.41) is 2.66. The minimum Gasteiger partial charge on any atom is -0.493 e. The summed E-state index contributed by atoms with van der Waals surface area (Å²) in [7, 11) is -0.365. The number of hydrogen-bond acceptors (Lipinski definition) is 5. The van der Waals surface area contributed by atoms with Gasteiger partial charge >= 0.3 is 0 Å². The molecule has 146 valence electrons. The van der Waals surface area contributed by atoms with E-state index in [0.717, 1.165) is 6.42 Å². The van der Waals surface area contributed by atoms with E-state index in [1.54, 1.807) is 22.5 Å². The highest BCUT2D eigenvalue weighted by Gasteiger charge is 2.30. The second-order valence-corrected chi connectivity index (χ2v) is 8.99. The summed E-state index contributed by atoms with van der Waals surface area (Å²) in [6.07, 6.45) is 1.04. The molecule has 1 aliphatic heterocycles. The van der Waals surface area contributed by atoms with Crippen molar-refractivity contribution >= 4 is 15.9 Å². The number of carbonyl (C=O) groups excluding carboxylic acids is 1. The number of nitrogens with one attached hydrogen (secondary N) is 1. The lowest BCUT2D eigenvalue weighted by Gasteiger charge is -2.34. The molecule has 0 saturated carbocycles. The highest BCUT2D eigenvalue weighted by atomic mass is 32.2. The van der Waals surface area contributed by atoms with Crippen molar-refractivity contribution in [1.82, 2.24) is 9.62 Å². The van der Waals surface area contributed by atoms with Crippen LogP contribution in [0.25, 0.3) is 0 Å². The Morgan fingerprint density at radius 3 is 2.35 bits per heavy atom. The number of benzene rings is 1. The topological polar surface area (TPSA) is 84.9 Å². The number of piperidine rings is 1. The van der Waals surface area contributed by atoms with E-state index in [0.29, 0.717) is 42.0 Å². The van der Waals surface area contributed by atoms with Gasteiger partial charge in [-0.25, -0.2) is 12.7 Å². The minimum absolute atomic E-state index is 0.0643. The second kappa shape index (κ2) is 8.73. The molecule has 26 heavy (non-hydrogen) atoms. The molecule has 1 amide bonds. The standard InChI is InChI=1S/C18H28N2O5S/c1-13-9-14(2)12-20(11-13)26(22,23)8-7-19-18(21)15-5-6-16(24-3)17(10-15)25-4/h5-6,10,13-14H,7-9,11-12H2,1-4H3,(H,19,21)/t13-,14+. The van der Waals surface area contributed by atoms with E-state index in [9.17, 15) is 13.2 Å². The van der Waals surface area contributed by atoms with Gasteiger partial charge in [0.25, 0.3) is 5.91 Å². The Labute approximate surface area is 155 Å². The largest absolute Gasteiger partial charge is 0.493 e. The monoisotopic (exact) mass is 384 g/mol. The number of hydrogen-bond donors (Lipinski definition) is 1. The highest BCUT2D eigenvalue weighted by molar-refractivity contribution is 7.89. The molecular formula is C18H28N2O5S. The van der Waals surface area contributed by atoms with Gasteiger partial charge in [-0.1, -0.05) is 13.8 Å². The van der Waals surface area contributed by atoms with Crippen LogP contribution in [0.15, 0.2) is 18.2 Å². The zero-order valence-electron chi connectivity index (χ0n) is 15.8. The number of nitrogens with zero attached hydrogens (tertiary/aromatic N) is 1. The fraction of sp³-hybridized carbons (Fsp3) is 0.611. The lowest BCUT2D eigenvalue weighted by molar-refractivity contribution is 0.0955. The van der Waals surface area contributed by atoms with Crippen LogP contribution < -0.4 is 14.8 Å². The van der Waals surface area contributed by atoms with Crippen LogP contribution in [0.2, 0.25) is 0 Å².